The van der Waals surface area contributed by atoms with Crippen LogP contribution in [0.15, 0.2) is 65.6 Å². The van der Waals surface area contributed by atoms with Crippen molar-refractivity contribution >= 4 is 35.5 Å². The fourth-order valence-corrected chi connectivity index (χ4v) is 6.30. The summed E-state index contributed by atoms with van der Waals surface area (Å²) >= 11 is 1.60. The summed E-state index contributed by atoms with van der Waals surface area (Å²) in [6, 6.07) is 16.4. The molecule has 0 unspecified atom stereocenters. The maximum absolute atomic E-state index is 13.5. The molecule has 3 amide bonds. The molecule has 208 valence electrons. The van der Waals surface area contributed by atoms with Gasteiger partial charge in [0.1, 0.15) is 12.1 Å². The minimum absolute atomic E-state index is 0.0574. The number of fused-ring (bicyclic) bond motifs is 1. The molecule has 2 saturated heterocycles. The number of rotatable bonds is 8. The number of hydrogen-bond donors (Lipinski definition) is 4. The highest BCUT2D eigenvalue weighted by Crippen LogP contribution is 2.26. The molecular weight excluding hydrogens is 516 g/mol. The van der Waals surface area contributed by atoms with Gasteiger partial charge in [-0.2, -0.15) is 0 Å². The molecule has 2 fully saturated rings. The van der Waals surface area contributed by atoms with Gasteiger partial charge in [0.05, 0.1) is 12.1 Å². The normalized spacial score (nSPS) is 26.4. The number of nitrogens with zero attached hydrogens (tertiary/aromatic N) is 1. The van der Waals surface area contributed by atoms with Crippen molar-refractivity contribution in [2.45, 2.75) is 74.1 Å². The summed E-state index contributed by atoms with van der Waals surface area (Å²) in [5.41, 5.74) is 0.867. The number of nitrogens with one attached hydrogen (secondary N) is 3. The predicted molar refractivity (Wildman–Crippen MR) is 149 cm³/mol. The third-order valence-corrected chi connectivity index (χ3v) is 8.53. The van der Waals surface area contributed by atoms with Gasteiger partial charge in [-0.15, -0.1) is 11.8 Å². The Bertz CT molecular complexity index is 1150. The first-order valence-corrected chi connectivity index (χ1v) is 14.4. The Morgan fingerprint density at radius 3 is 2.26 bits per heavy atom. The lowest BCUT2D eigenvalue weighted by Gasteiger charge is -2.37. The van der Waals surface area contributed by atoms with E-state index in [4.69, 9.17) is 0 Å². The van der Waals surface area contributed by atoms with Crippen LogP contribution in [-0.4, -0.2) is 76.2 Å². The van der Waals surface area contributed by atoms with E-state index >= 15 is 0 Å². The summed E-state index contributed by atoms with van der Waals surface area (Å²) < 4.78 is 0. The second-order valence-corrected chi connectivity index (χ2v) is 11.2. The third-order valence-electron chi connectivity index (χ3n) is 7.40. The molecule has 2 heterocycles. The van der Waals surface area contributed by atoms with Gasteiger partial charge in [-0.1, -0.05) is 48.5 Å². The summed E-state index contributed by atoms with van der Waals surface area (Å²) in [4.78, 5) is 55.1. The standard InChI is InChI=1S/C29H36N4O5S/c1-19-24(18-39-21-11-6-3-7-12-21)32-27(36)22(14-15-26(34)35)30-28(37)23(17-20-9-4-2-5-10-20)31-29(38)25-13-8-16-33(19)25/h2-7,9-12,19,22-25H,8,13-18H2,1H3,(H,30,37)(H,31,38)(H,32,36)(H,34,35)/t19-,22-,23+,24+,25+/m0/s1. The van der Waals surface area contributed by atoms with Crippen LogP contribution < -0.4 is 16.0 Å². The minimum Gasteiger partial charge on any atom is -0.481 e. The maximum atomic E-state index is 13.5. The van der Waals surface area contributed by atoms with Gasteiger partial charge in [0.15, 0.2) is 0 Å². The molecule has 0 aromatic heterocycles. The first-order valence-electron chi connectivity index (χ1n) is 13.4. The van der Waals surface area contributed by atoms with Gasteiger partial charge in [-0.25, -0.2) is 0 Å². The summed E-state index contributed by atoms with van der Waals surface area (Å²) in [6.45, 7) is 2.72. The number of carbonyl (C=O) groups is 4. The number of carboxylic acid groups (broad SMARTS) is 1. The topological polar surface area (TPSA) is 128 Å². The molecule has 2 aromatic carbocycles. The first-order chi connectivity index (χ1) is 18.8. The Kier molecular flexibility index (Phi) is 10.00. The maximum Gasteiger partial charge on any atom is 0.303 e. The molecular formula is C29H36N4O5S. The second kappa shape index (κ2) is 13.6. The molecule has 9 nitrogen and oxygen atoms in total. The van der Waals surface area contributed by atoms with Crippen molar-refractivity contribution in [2.24, 2.45) is 0 Å². The van der Waals surface area contributed by atoms with E-state index in [1.54, 1.807) is 11.8 Å². The molecule has 5 atom stereocenters. The van der Waals surface area contributed by atoms with E-state index < -0.39 is 35.9 Å². The second-order valence-electron chi connectivity index (χ2n) is 10.1. The van der Waals surface area contributed by atoms with Crippen LogP contribution in [0.2, 0.25) is 0 Å². The molecule has 4 rings (SSSR count). The van der Waals surface area contributed by atoms with Crippen LogP contribution in [0.5, 0.6) is 0 Å². The fourth-order valence-electron chi connectivity index (χ4n) is 5.21. The van der Waals surface area contributed by atoms with Crippen molar-refractivity contribution in [3.8, 4) is 0 Å². The van der Waals surface area contributed by atoms with Crippen molar-refractivity contribution in [2.75, 3.05) is 12.3 Å². The zero-order chi connectivity index (χ0) is 27.8. The quantitative estimate of drug-likeness (QED) is 0.370. The number of aliphatic carboxylic acids is 1. The summed E-state index contributed by atoms with van der Waals surface area (Å²) in [7, 11) is 0. The van der Waals surface area contributed by atoms with Crippen LogP contribution in [0, 0.1) is 0 Å². The van der Waals surface area contributed by atoms with Crippen molar-refractivity contribution in [1.29, 1.82) is 0 Å². The minimum atomic E-state index is -1.05. The lowest BCUT2D eigenvalue weighted by atomic mass is 10.0. The molecule has 2 aliphatic heterocycles. The van der Waals surface area contributed by atoms with Crippen LogP contribution in [0.4, 0.5) is 0 Å². The SMILES string of the molecule is C[C@H]1[C@@H](CSc2ccccc2)NC(=O)[C@H](CCC(=O)O)NC(=O)[C@@H](Cc2ccccc2)NC(=O)[C@H]2CCCN21. The van der Waals surface area contributed by atoms with Gasteiger partial charge >= 0.3 is 5.97 Å². The highest BCUT2D eigenvalue weighted by molar-refractivity contribution is 7.99. The lowest BCUT2D eigenvalue weighted by Crippen LogP contribution is -2.62. The van der Waals surface area contributed by atoms with Gasteiger partial charge in [0.2, 0.25) is 17.7 Å². The van der Waals surface area contributed by atoms with E-state index in [0.29, 0.717) is 18.7 Å². The summed E-state index contributed by atoms with van der Waals surface area (Å²) in [5.74, 6) is -1.64. The number of benzene rings is 2. The zero-order valence-electron chi connectivity index (χ0n) is 22.0. The van der Waals surface area contributed by atoms with Crippen LogP contribution in [-0.2, 0) is 25.6 Å². The van der Waals surface area contributed by atoms with E-state index in [0.717, 1.165) is 16.9 Å². The van der Waals surface area contributed by atoms with Gasteiger partial charge in [0.25, 0.3) is 0 Å². The average Bonchev–Trinajstić information content (AvgIpc) is 3.43. The average molecular weight is 553 g/mol. The molecule has 10 heteroatoms. The molecule has 0 bridgehead atoms. The zero-order valence-corrected chi connectivity index (χ0v) is 22.9. The summed E-state index contributed by atoms with van der Waals surface area (Å²) in [6.07, 6.45) is 1.43. The molecule has 0 spiro atoms. The Hall–Kier alpha value is -3.37. The van der Waals surface area contributed by atoms with Crippen molar-refractivity contribution in [3.63, 3.8) is 0 Å². The van der Waals surface area contributed by atoms with E-state index in [1.165, 1.54) is 0 Å². The van der Waals surface area contributed by atoms with Crippen LogP contribution in [0.25, 0.3) is 0 Å². The Labute approximate surface area is 233 Å². The number of thioether (sulfide) groups is 1. The molecule has 2 aromatic rings. The van der Waals surface area contributed by atoms with Crippen molar-refractivity contribution in [3.05, 3.63) is 66.2 Å². The van der Waals surface area contributed by atoms with E-state index in [2.05, 4.69) is 20.9 Å². The molecule has 0 saturated carbocycles. The van der Waals surface area contributed by atoms with E-state index in [-0.39, 0.29) is 37.3 Å². The molecule has 0 radical (unpaired) electrons. The number of carbonyl (C=O) groups excluding carboxylic acids is 3. The summed E-state index contributed by atoms with van der Waals surface area (Å²) in [5, 5.41) is 18.1. The van der Waals surface area contributed by atoms with Gasteiger partial charge in [-0.3, -0.25) is 24.1 Å². The molecule has 39 heavy (non-hydrogen) atoms. The van der Waals surface area contributed by atoms with Crippen LogP contribution in [0.3, 0.4) is 0 Å². The van der Waals surface area contributed by atoms with Crippen LogP contribution >= 0.6 is 11.8 Å². The largest absolute Gasteiger partial charge is 0.481 e. The molecule has 0 aliphatic carbocycles. The number of carboxylic acids is 1. The lowest BCUT2D eigenvalue weighted by molar-refractivity contribution is -0.138. The van der Waals surface area contributed by atoms with Crippen LogP contribution in [0.1, 0.15) is 38.2 Å². The fraction of sp³-hybridized carbons (Fsp3) is 0.448. The predicted octanol–water partition coefficient (Wildman–Crippen LogP) is 2.21. The van der Waals surface area contributed by atoms with Crippen molar-refractivity contribution < 1.29 is 24.3 Å². The molecule has 2 aliphatic rings. The number of hydrogen-bond acceptors (Lipinski definition) is 6. The number of amides is 3. The van der Waals surface area contributed by atoms with Gasteiger partial charge in [-0.05, 0) is 50.4 Å². The van der Waals surface area contributed by atoms with E-state index in [9.17, 15) is 24.3 Å². The first kappa shape index (κ1) is 28.6. The van der Waals surface area contributed by atoms with Crippen molar-refractivity contribution in [1.82, 2.24) is 20.9 Å². The Morgan fingerprint density at radius 1 is 0.923 bits per heavy atom. The highest BCUT2D eigenvalue weighted by atomic mass is 32.2. The van der Waals surface area contributed by atoms with E-state index in [1.807, 2.05) is 67.6 Å². The smallest absolute Gasteiger partial charge is 0.303 e. The highest BCUT2D eigenvalue weighted by Gasteiger charge is 2.40. The van der Waals surface area contributed by atoms with Gasteiger partial charge < -0.3 is 21.1 Å². The monoisotopic (exact) mass is 552 g/mol. The Balaban J connectivity index is 1.62. The van der Waals surface area contributed by atoms with Gasteiger partial charge in [0, 0.05) is 29.5 Å². The third kappa shape index (κ3) is 7.83. The Morgan fingerprint density at radius 2 is 1.56 bits per heavy atom. The molecule has 4 N–H and O–H groups in total.